The van der Waals surface area contributed by atoms with E-state index < -0.39 is 0 Å². The maximum Gasteiger partial charge on any atom is 0.133 e. The Morgan fingerprint density at radius 3 is 2.94 bits per heavy atom. The predicted molar refractivity (Wildman–Crippen MR) is 67.1 cm³/mol. The second-order valence-electron chi connectivity index (χ2n) is 3.51. The van der Waals surface area contributed by atoms with E-state index in [1.54, 1.807) is 0 Å². The molecule has 0 fully saturated rings. The van der Waals surface area contributed by atoms with Crippen molar-refractivity contribution in [2.24, 2.45) is 0 Å². The van der Waals surface area contributed by atoms with Gasteiger partial charge in [-0.25, -0.2) is 0 Å². The minimum Gasteiger partial charge on any atom is -0.397 e. The lowest BCUT2D eigenvalue weighted by Crippen LogP contribution is -2.02. The standard InChI is InChI=1S/C11H12BrN3O/c1-7-4-9(15-16-7)6-14-11-5-8(12)2-3-10(11)13/h2-5,14H,6,13H2,1H3. The molecule has 2 rings (SSSR count). The van der Waals surface area contributed by atoms with Crippen LogP contribution < -0.4 is 11.1 Å². The molecule has 1 aromatic carbocycles. The van der Waals surface area contributed by atoms with Gasteiger partial charge in [-0.05, 0) is 25.1 Å². The SMILES string of the molecule is Cc1cc(CNc2cc(Br)ccc2N)no1. The van der Waals surface area contributed by atoms with Crippen LogP contribution in [0, 0.1) is 6.92 Å². The van der Waals surface area contributed by atoms with Crippen LogP contribution in [0.2, 0.25) is 0 Å². The molecule has 0 aliphatic heterocycles. The lowest BCUT2D eigenvalue weighted by Gasteiger charge is -2.07. The number of hydrogen-bond acceptors (Lipinski definition) is 4. The van der Waals surface area contributed by atoms with Crippen LogP contribution in [0.4, 0.5) is 11.4 Å². The molecule has 0 saturated heterocycles. The Hall–Kier alpha value is -1.49. The van der Waals surface area contributed by atoms with Crippen molar-refractivity contribution < 1.29 is 4.52 Å². The highest BCUT2D eigenvalue weighted by atomic mass is 79.9. The Labute approximate surface area is 102 Å². The van der Waals surface area contributed by atoms with E-state index in [9.17, 15) is 0 Å². The Morgan fingerprint density at radius 2 is 2.25 bits per heavy atom. The van der Waals surface area contributed by atoms with Crippen molar-refractivity contribution in [3.8, 4) is 0 Å². The van der Waals surface area contributed by atoms with Gasteiger partial charge in [0.05, 0.1) is 17.9 Å². The van der Waals surface area contributed by atoms with Crippen LogP contribution in [0.15, 0.2) is 33.3 Å². The third kappa shape index (κ3) is 2.55. The summed E-state index contributed by atoms with van der Waals surface area (Å²) in [5.41, 5.74) is 8.29. The zero-order chi connectivity index (χ0) is 11.5. The zero-order valence-corrected chi connectivity index (χ0v) is 10.4. The van der Waals surface area contributed by atoms with Crippen molar-refractivity contribution in [1.29, 1.82) is 0 Å². The molecule has 0 amide bonds. The summed E-state index contributed by atoms with van der Waals surface area (Å²) in [7, 11) is 0. The van der Waals surface area contributed by atoms with Gasteiger partial charge in [-0.15, -0.1) is 0 Å². The monoisotopic (exact) mass is 281 g/mol. The first-order chi connectivity index (χ1) is 7.65. The van der Waals surface area contributed by atoms with E-state index in [0.717, 1.165) is 21.6 Å². The molecule has 0 unspecified atom stereocenters. The number of rotatable bonds is 3. The van der Waals surface area contributed by atoms with Crippen molar-refractivity contribution in [2.75, 3.05) is 11.1 Å². The largest absolute Gasteiger partial charge is 0.397 e. The number of nitrogens with two attached hydrogens (primary N) is 1. The van der Waals surface area contributed by atoms with E-state index in [0.29, 0.717) is 12.2 Å². The van der Waals surface area contributed by atoms with Crippen molar-refractivity contribution in [2.45, 2.75) is 13.5 Å². The average molecular weight is 282 g/mol. The molecule has 0 aliphatic carbocycles. The van der Waals surface area contributed by atoms with Crippen molar-refractivity contribution in [3.05, 3.63) is 40.2 Å². The number of hydrogen-bond donors (Lipinski definition) is 2. The van der Waals surface area contributed by atoms with Crippen LogP contribution >= 0.6 is 15.9 Å². The molecule has 0 atom stereocenters. The van der Waals surface area contributed by atoms with E-state index >= 15 is 0 Å². The molecule has 4 nitrogen and oxygen atoms in total. The summed E-state index contributed by atoms with van der Waals surface area (Å²) >= 11 is 3.40. The van der Waals surface area contributed by atoms with E-state index in [4.69, 9.17) is 10.3 Å². The number of nitrogens with zero attached hydrogens (tertiary/aromatic N) is 1. The van der Waals surface area contributed by atoms with E-state index in [-0.39, 0.29) is 0 Å². The van der Waals surface area contributed by atoms with E-state index in [1.165, 1.54) is 0 Å². The number of nitrogens with one attached hydrogen (secondary N) is 1. The predicted octanol–water partition coefficient (Wildman–Crippen LogP) is 2.94. The van der Waals surface area contributed by atoms with Crippen molar-refractivity contribution in [3.63, 3.8) is 0 Å². The minimum absolute atomic E-state index is 0.595. The lowest BCUT2D eigenvalue weighted by atomic mass is 10.2. The summed E-state index contributed by atoms with van der Waals surface area (Å²) < 4.78 is 5.96. The highest BCUT2D eigenvalue weighted by Gasteiger charge is 2.02. The van der Waals surface area contributed by atoms with E-state index in [2.05, 4.69) is 26.4 Å². The summed E-state index contributed by atoms with van der Waals surface area (Å²) in [6.45, 7) is 2.46. The molecule has 3 N–H and O–H groups in total. The Balaban J connectivity index is 2.07. The van der Waals surface area contributed by atoms with Crippen LogP contribution in [0.3, 0.4) is 0 Å². The highest BCUT2D eigenvalue weighted by Crippen LogP contribution is 2.23. The van der Waals surface area contributed by atoms with Crippen LogP contribution in [-0.2, 0) is 6.54 Å². The van der Waals surface area contributed by atoms with Gasteiger partial charge in [0, 0.05) is 10.5 Å². The first-order valence-electron chi connectivity index (χ1n) is 4.86. The number of aromatic nitrogens is 1. The summed E-state index contributed by atoms with van der Waals surface area (Å²) in [6, 6.07) is 7.57. The smallest absolute Gasteiger partial charge is 0.133 e. The van der Waals surface area contributed by atoms with Gasteiger partial charge >= 0.3 is 0 Å². The topological polar surface area (TPSA) is 64.1 Å². The number of nitrogen functional groups attached to an aromatic ring is 1. The molecular formula is C11H12BrN3O. The molecule has 1 aromatic heterocycles. The summed E-state index contributed by atoms with van der Waals surface area (Å²) in [5, 5.41) is 7.10. The Bertz CT molecular complexity index is 496. The van der Waals surface area contributed by atoms with Gasteiger partial charge in [0.15, 0.2) is 0 Å². The molecule has 2 aromatic rings. The van der Waals surface area contributed by atoms with Crippen molar-refractivity contribution in [1.82, 2.24) is 5.16 Å². The number of benzene rings is 1. The third-order valence-electron chi connectivity index (χ3n) is 2.15. The maximum atomic E-state index is 5.83. The highest BCUT2D eigenvalue weighted by molar-refractivity contribution is 9.10. The minimum atomic E-state index is 0.595. The molecule has 16 heavy (non-hydrogen) atoms. The number of halogens is 1. The van der Waals surface area contributed by atoms with Gasteiger partial charge < -0.3 is 15.6 Å². The number of aryl methyl sites for hydroxylation is 1. The molecule has 0 aliphatic rings. The van der Waals surface area contributed by atoms with Gasteiger partial charge in [0.25, 0.3) is 0 Å². The summed E-state index contributed by atoms with van der Waals surface area (Å²) in [5.74, 6) is 0.805. The molecule has 84 valence electrons. The van der Waals surface area contributed by atoms with Gasteiger partial charge in [0.2, 0.25) is 0 Å². The fourth-order valence-electron chi connectivity index (χ4n) is 1.37. The molecule has 1 heterocycles. The van der Waals surface area contributed by atoms with Crippen molar-refractivity contribution >= 4 is 27.3 Å². The Morgan fingerprint density at radius 1 is 1.44 bits per heavy atom. The van der Waals surface area contributed by atoms with E-state index in [1.807, 2.05) is 31.2 Å². The van der Waals surface area contributed by atoms with Gasteiger partial charge in [-0.1, -0.05) is 21.1 Å². The summed E-state index contributed by atoms with van der Waals surface area (Å²) in [4.78, 5) is 0. The number of anilines is 2. The average Bonchev–Trinajstić information content (AvgIpc) is 2.66. The van der Waals surface area contributed by atoms with Crippen LogP contribution in [0.5, 0.6) is 0 Å². The van der Waals surface area contributed by atoms with Crippen LogP contribution in [0.1, 0.15) is 11.5 Å². The normalized spacial score (nSPS) is 10.4. The van der Waals surface area contributed by atoms with Gasteiger partial charge in [-0.3, -0.25) is 0 Å². The maximum absolute atomic E-state index is 5.83. The molecular weight excluding hydrogens is 270 g/mol. The molecule has 0 bridgehead atoms. The lowest BCUT2D eigenvalue weighted by molar-refractivity contribution is 0.391. The fourth-order valence-corrected chi connectivity index (χ4v) is 1.73. The molecule has 0 radical (unpaired) electrons. The first-order valence-corrected chi connectivity index (χ1v) is 5.65. The quantitative estimate of drug-likeness (QED) is 0.849. The first kappa shape index (κ1) is 11.0. The summed E-state index contributed by atoms with van der Waals surface area (Å²) in [6.07, 6.45) is 0. The second-order valence-corrected chi connectivity index (χ2v) is 4.43. The third-order valence-corrected chi connectivity index (χ3v) is 2.65. The van der Waals surface area contributed by atoms with Crippen LogP contribution in [0.25, 0.3) is 0 Å². The second kappa shape index (κ2) is 4.57. The Kier molecular flexibility index (Phi) is 3.14. The van der Waals surface area contributed by atoms with Crippen LogP contribution in [-0.4, -0.2) is 5.16 Å². The molecule has 0 saturated carbocycles. The molecule has 5 heteroatoms. The fraction of sp³-hybridized carbons (Fsp3) is 0.182. The molecule has 0 spiro atoms. The van der Waals surface area contributed by atoms with Gasteiger partial charge in [-0.2, -0.15) is 0 Å². The zero-order valence-electron chi connectivity index (χ0n) is 8.83. The van der Waals surface area contributed by atoms with Gasteiger partial charge in [0.1, 0.15) is 11.5 Å².